The van der Waals surface area contributed by atoms with Gasteiger partial charge in [0.2, 0.25) is 5.91 Å². The number of nitrogens with zero attached hydrogens (tertiary/aromatic N) is 3. The lowest BCUT2D eigenvalue weighted by atomic mass is 10.1. The molecule has 0 spiro atoms. The summed E-state index contributed by atoms with van der Waals surface area (Å²) in [6, 6.07) is 2.02. The largest absolute Gasteiger partial charge is 0.416 e. The van der Waals surface area contributed by atoms with Gasteiger partial charge in [0.1, 0.15) is 5.82 Å². The second-order valence-electron chi connectivity index (χ2n) is 5.86. The SMILES string of the molecule is O=C(C1CCN(c2cc(C(F)(F)F)ccn2)C1)N1CCCC1. The van der Waals surface area contributed by atoms with Crippen molar-refractivity contribution in [1.29, 1.82) is 0 Å². The van der Waals surface area contributed by atoms with Crippen LogP contribution in [0.25, 0.3) is 0 Å². The number of alkyl halides is 3. The number of halogens is 3. The second-order valence-corrected chi connectivity index (χ2v) is 5.86. The lowest BCUT2D eigenvalue weighted by Gasteiger charge is -2.21. The van der Waals surface area contributed by atoms with Crippen LogP contribution in [0.15, 0.2) is 18.3 Å². The van der Waals surface area contributed by atoms with Gasteiger partial charge in [-0.15, -0.1) is 0 Å². The van der Waals surface area contributed by atoms with Gasteiger partial charge in [-0.2, -0.15) is 13.2 Å². The van der Waals surface area contributed by atoms with Crippen LogP contribution >= 0.6 is 0 Å². The summed E-state index contributed by atoms with van der Waals surface area (Å²) in [5.74, 6) is 0.299. The monoisotopic (exact) mass is 313 g/mol. The number of anilines is 1. The molecular formula is C15H18F3N3O. The molecule has 2 saturated heterocycles. The molecule has 7 heteroatoms. The molecule has 3 heterocycles. The average Bonchev–Trinajstić information content (AvgIpc) is 3.17. The Hall–Kier alpha value is -1.79. The smallest absolute Gasteiger partial charge is 0.356 e. The number of hydrogen-bond donors (Lipinski definition) is 0. The first-order valence-electron chi connectivity index (χ1n) is 7.52. The molecule has 3 rings (SSSR count). The molecule has 0 N–H and O–H groups in total. The van der Waals surface area contributed by atoms with Gasteiger partial charge in [-0.1, -0.05) is 0 Å². The van der Waals surface area contributed by atoms with Crippen molar-refractivity contribution in [3.8, 4) is 0 Å². The van der Waals surface area contributed by atoms with Crippen molar-refractivity contribution in [1.82, 2.24) is 9.88 Å². The van der Waals surface area contributed by atoms with Crippen molar-refractivity contribution in [2.24, 2.45) is 5.92 Å². The third-order valence-corrected chi connectivity index (χ3v) is 4.35. The number of rotatable bonds is 2. The first-order valence-corrected chi connectivity index (χ1v) is 7.52. The molecule has 1 unspecified atom stereocenters. The molecule has 2 aliphatic rings. The van der Waals surface area contributed by atoms with E-state index in [2.05, 4.69) is 4.98 Å². The zero-order valence-electron chi connectivity index (χ0n) is 12.1. The van der Waals surface area contributed by atoms with Gasteiger partial charge in [0.15, 0.2) is 0 Å². The Morgan fingerprint density at radius 1 is 1.23 bits per heavy atom. The molecule has 120 valence electrons. The molecule has 22 heavy (non-hydrogen) atoms. The van der Waals surface area contributed by atoms with E-state index in [-0.39, 0.29) is 11.8 Å². The fourth-order valence-corrected chi connectivity index (χ4v) is 3.13. The third kappa shape index (κ3) is 3.03. The molecule has 4 nitrogen and oxygen atoms in total. The number of carbonyl (C=O) groups is 1. The van der Waals surface area contributed by atoms with E-state index in [0.717, 1.165) is 38.1 Å². The van der Waals surface area contributed by atoms with Gasteiger partial charge < -0.3 is 9.80 Å². The standard InChI is InChI=1S/C15H18F3N3O/c16-15(17,18)12-3-5-19-13(9-12)21-8-4-11(10-21)14(22)20-6-1-2-7-20/h3,5,9,11H,1-2,4,6-8,10H2. The number of pyridine rings is 1. The molecule has 1 amide bonds. The molecule has 1 aromatic heterocycles. The van der Waals surface area contributed by atoms with Gasteiger partial charge in [-0.25, -0.2) is 4.98 Å². The normalized spacial score (nSPS) is 22.4. The van der Waals surface area contributed by atoms with E-state index in [1.54, 1.807) is 4.90 Å². The Kier molecular flexibility index (Phi) is 3.97. The van der Waals surface area contributed by atoms with Crippen molar-refractivity contribution in [3.05, 3.63) is 23.9 Å². The molecule has 2 fully saturated rings. The summed E-state index contributed by atoms with van der Waals surface area (Å²) in [6.45, 7) is 2.62. The summed E-state index contributed by atoms with van der Waals surface area (Å²) in [5.41, 5.74) is -0.702. The van der Waals surface area contributed by atoms with E-state index in [1.165, 1.54) is 6.20 Å². The van der Waals surface area contributed by atoms with Gasteiger partial charge in [-0.05, 0) is 31.4 Å². The fraction of sp³-hybridized carbons (Fsp3) is 0.600. The van der Waals surface area contributed by atoms with Crippen molar-refractivity contribution in [3.63, 3.8) is 0 Å². The van der Waals surface area contributed by atoms with Gasteiger partial charge in [0.25, 0.3) is 0 Å². The Balaban J connectivity index is 1.68. The summed E-state index contributed by atoms with van der Waals surface area (Å²) < 4.78 is 38.3. The highest BCUT2D eigenvalue weighted by Gasteiger charge is 2.35. The maximum Gasteiger partial charge on any atom is 0.416 e. The van der Waals surface area contributed by atoms with Crippen LogP contribution in [0.1, 0.15) is 24.8 Å². The molecule has 1 atom stereocenters. The minimum absolute atomic E-state index is 0.130. The molecular weight excluding hydrogens is 295 g/mol. The molecule has 1 aromatic rings. The average molecular weight is 313 g/mol. The predicted molar refractivity (Wildman–Crippen MR) is 75.4 cm³/mol. The zero-order chi connectivity index (χ0) is 15.7. The van der Waals surface area contributed by atoms with Gasteiger partial charge in [0.05, 0.1) is 11.5 Å². The minimum atomic E-state index is -4.37. The highest BCUT2D eigenvalue weighted by atomic mass is 19.4. The van der Waals surface area contributed by atoms with E-state index < -0.39 is 11.7 Å². The summed E-state index contributed by atoms with van der Waals surface area (Å²) in [7, 11) is 0. The second kappa shape index (κ2) is 5.78. The highest BCUT2D eigenvalue weighted by Crippen LogP contribution is 2.32. The summed E-state index contributed by atoms with van der Waals surface area (Å²) in [5, 5.41) is 0. The van der Waals surface area contributed by atoms with E-state index in [9.17, 15) is 18.0 Å². The zero-order valence-corrected chi connectivity index (χ0v) is 12.1. The molecule has 0 bridgehead atoms. The summed E-state index contributed by atoms with van der Waals surface area (Å²) in [4.78, 5) is 20.0. The van der Waals surface area contributed by atoms with Crippen molar-refractivity contribution < 1.29 is 18.0 Å². The maximum absolute atomic E-state index is 12.8. The van der Waals surface area contributed by atoms with Crippen molar-refractivity contribution >= 4 is 11.7 Å². The lowest BCUT2D eigenvalue weighted by Crippen LogP contribution is -2.35. The van der Waals surface area contributed by atoms with E-state index >= 15 is 0 Å². The number of hydrogen-bond acceptors (Lipinski definition) is 3. The maximum atomic E-state index is 12.8. The first kappa shape index (κ1) is 15.1. The molecule has 2 aliphatic heterocycles. The third-order valence-electron chi connectivity index (χ3n) is 4.35. The number of amides is 1. The number of likely N-dealkylation sites (tertiary alicyclic amines) is 1. The number of carbonyl (C=O) groups excluding carboxylic acids is 1. The van der Waals surface area contributed by atoms with Crippen LogP contribution in [0, 0.1) is 5.92 Å². The Bertz CT molecular complexity index is 555. The first-order chi connectivity index (χ1) is 10.4. The van der Waals surface area contributed by atoms with Crippen molar-refractivity contribution in [2.45, 2.75) is 25.4 Å². The van der Waals surface area contributed by atoms with Crippen LogP contribution in [-0.4, -0.2) is 42.0 Å². The highest BCUT2D eigenvalue weighted by molar-refractivity contribution is 5.80. The van der Waals surface area contributed by atoms with Crippen LogP contribution in [0.4, 0.5) is 19.0 Å². The molecule has 0 aliphatic carbocycles. The summed E-state index contributed by atoms with van der Waals surface area (Å²) >= 11 is 0. The van der Waals surface area contributed by atoms with Gasteiger partial charge in [-0.3, -0.25) is 4.79 Å². The van der Waals surface area contributed by atoms with E-state index in [1.807, 2.05) is 4.90 Å². The van der Waals surface area contributed by atoms with Crippen LogP contribution in [0.3, 0.4) is 0 Å². The Morgan fingerprint density at radius 3 is 2.64 bits per heavy atom. The van der Waals surface area contributed by atoms with Crippen LogP contribution in [-0.2, 0) is 11.0 Å². The molecule has 0 radical (unpaired) electrons. The topological polar surface area (TPSA) is 36.4 Å². The fourth-order valence-electron chi connectivity index (χ4n) is 3.13. The van der Waals surface area contributed by atoms with Crippen LogP contribution in [0.5, 0.6) is 0 Å². The van der Waals surface area contributed by atoms with Gasteiger partial charge in [0, 0.05) is 32.4 Å². The lowest BCUT2D eigenvalue weighted by molar-refractivity contribution is -0.137. The number of aromatic nitrogens is 1. The minimum Gasteiger partial charge on any atom is -0.356 e. The molecule has 0 aromatic carbocycles. The quantitative estimate of drug-likeness (QED) is 0.842. The Morgan fingerprint density at radius 2 is 1.95 bits per heavy atom. The van der Waals surface area contributed by atoms with E-state index in [0.29, 0.717) is 25.3 Å². The predicted octanol–water partition coefficient (Wildman–Crippen LogP) is 2.55. The summed E-state index contributed by atoms with van der Waals surface area (Å²) in [6.07, 6.45) is -0.446. The Labute approximate surface area is 126 Å². The van der Waals surface area contributed by atoms with Crippen LogP contribution in [0.2, 0.25) is 0 Å². The van der Waals surface area contributed by atoms with E-state index in [4.69, 9.17) is 0 Å². The van der Waals surface area contributed by atoms with Gasteiger partial charge >= 0.3 is 6.18 Å². The van der Waals surface area contributed by atoms with Crippen molar-refractivity contribution in [2.75, 3.05) is 31.1 Å². The molecule has 0 saturated carbocycles. The van der Waals surface area contributed by atoms with Crippen LogP contribution < -0.4 is 4.90 Å².